The molecule has 0 bridgehead atoms. The average molecular weight is 408 g/mol. The summed E-state index contributed by atoms with van der Waals surface area (Å²) in [5.41, 5.74) is 5.30. The second-order valence-corrected chi connectivity index (χ2v) is 7.88. The molecule has 0 fully saturated rings. The van der Waals surface area contributed by atoms with Gasteiger partial charge in [-0.2, -0.15) is 0 Å². The Morgan fingerprint density at radius 2 is 1.77 bits per heavy atom. The van der Waals surface area contributed by atoms with E-state index in [-0.39, 0.29) is 10.9 Å². The number of aromatic nitrogens is 2. The number of alkyl carbamates (subject to hydrolysis) is 1. The predicted molar refractivity (Wildman–Crippen MR) is 114 cm³/mol. The summed E-state index contributed by atoms with van der Waals surface area (Å²) in [4.78, 5) is 42.2. The van der Waals surface area contributed by atoms with E-state index in [1.807, 2.05) is 6.07 Å². The second kappa shape index (κ2) is 7.98. The number of benzene rings is 2. The summed E-state index contributed by atoms with van der Waals surface area (Å²) in [7, 11) is 0. The number of nitrogens with one attached hydrogen (secondary N) is 1. The monoisotopic (exact) mass is 408 g/mol. The molecule has 2 aromatic carbocycles. The summed E-state index contributed by atoms with van der Waals surface area (Å²) in [5, 5.41) is 2.84. The molecule has 1 heterocycles. The van der Waals surface area contributed by atoms with Crippen molar-refractivity contribution in [3.8, 4) is 5.69 Å². The van der Waals surface area contributed by atoms with Crippen molar-refractivity contribution in [3.63, 3.8) is 0 Å². The number of carbonyl (C=O) groups excluding carboxylic acids is 2. The van der Waals surface area contributed by atoms with Crippen LogP contribution in [0.5, 0.6) is 0 Å². The SMILES string of the molecule is CC(NC(=O)OC(C)(C)C)c1nc2cccc(C(N)=O)c2c(=O)n1-c1ccccc1. The molecule has 3 aromatic rings. The van der Waals surface area contributed by atoms with Crippen LogP contribution in [0.2, 0.25) is 0 Å². The van der Waals surface area contributed by atoms with Gasteiger partial charge in [-0.3, -0.25) is 14.2 Å². The molecule has 0 saturated carbocycles. The maximum absolute atomic E-state index is 13.5. The lowest BCUT2D eigenvalue weighted by Gasteiger charge is -2.23. The van der Waals surface area contributed by atoms with E-state index >= 15 is 0 Å². The fourth-order valence-electron chi connectivity index (χ4n) is 3.12. The van der Waals surface area contributed by atoms with Crippen molar-refractivity contribution in [2.75, 3.05) is 0 Å². The Morgan fingerprint density at radius 3 is 2.37 bits per heavy atom. The van der Waals surface area contributed by atoms with Crippen LogP contribution in [-0.4, -0.2) is 27.2 Å². The Morgan fingerprint density at radius 1 is 1.10 bits per heavy atom. The summed E-state index contributed by atoms with van der Waals surface area (Å²) in [5.74, 6) is -0.419. The Labute approximate surface area is 173 Å². The predicted octanol–water partition coefficient (Wildman–Crippen LogP) is 3.07. The normalized spacial score (nSPS) is 12.4. The van der Waals surface area contributed by atoms with Gasteiger partial charge < -0.3 is 15.8 Å². The van der Waals surface area contributed by atoms with Crippen LogP contribution in [0.15, 0.2) is 53.3 Å². The molecule has 0 saturated heterocycles. The summed E-state index contributed by atoms with van der Waals surface area (Å²) in [6.45, 7) is 6.99. The van der Waals surface area contributed by atoms with E-state index in [1.54, 1.807) is 64.1 Å². The minimum atomic E-state index is -0.716. The van der Waals surface area contributed by atoms with E-state index in [0.29, 0.717) is 17.0 Å². The Balaban J connectivity index is 2.22. The standard InChI is InChI=1S/C22H24N4O4/c1-13(24-21(29)30-22(2,3)4)19-25-16-12-8-11-15(18(23)27)17(16)20(28)26(19)14-9-6-5-7-10-14/h5-13H,1-4H3,(H2,23,27)(H,24,29). The number of ether oxygens (including phenoxy) is 1. The van der Waals surface area contributed by atoms with E-state index < -0.39 is 29.2 Å². The second-order valence-electron chi connectivity index (χ2n) is 7.88. The number of primary amides is 1. The van der Waals surface area contributed by atoms with E-state index in [2.05, 4.69) is 10.3 Å². The molecule has 8 heteroatoms. The molecular weight excluding hydrogens is 384 g/mol. The zero-order valence-electron chi connectivity index (χ0n) is 17.3. The maximum Gasteiger partial charge on any atom is 0.408 e. The van der Waals surface area contributed by atoms with Crippen LogP contribution in [0.25, 0.3) is 16.6 Å². The lowest BCUT2D eigenvalue weighted by Crippen LogP contribution is -2.37. The van der Waals surface area contributed by atoms with Crippen molar-refractivity contribution < 1.29 is 14.3 Å². The van der Waals surface area contributed by atoms with Crippen LogP contribution < -0.4 is 16.6 Å². The van der Waals surface area contributed by atoms with Gasteiger partial charge in [0.15, 0.2) is 0 Å². The lowest BCUT2D eigenvalue weighted by molar-refractivity contribution is 0.0505. The van der Waals surface area contributed by atoms with Gasteiger partial charge in [-0.1, -0.05) is 24.3 Å². The Bertz CT molecular complexity index is 1160. The molecule has 1 aromatic heterocycles. The van der Waals surface area contributed by atoms with Gasteiger partial charge in [0.25, 0.3) is 5.56 Å². The first-order valence-electron chi connectivity index (χ1n) is 9.49. The third-order valence-corrected chi connectivity index (χ3v) is 4.32. The molecule has 0 aliphatic rings. The quantitative estimate of drug-likeness (QED) is 0.688. The number of hydrogen-bond acceptors (Lipinski definition) is 5. The first-order chi connectivity index (χ1) is 14.1. The van der Waals surface area contributed by atoms with Gasteiger partial charge in [0.2, 0.25) is 5.91 Å². The van der Waals surface area contributed by atoms with E-state index in [0.717, 1.165) is 0 Å². The van der Waals surface area contributed by atoms with Crippen LogP contribution in [0.4, 0.5) is 4.79 Å². The highest BCUT2D eigenvalue weighted by Gasteiger charge is 2.24. The van der Waals surface area contributed by atoms with Crippen LogP contribution in [0.3, 0.4) is 0 Å². The van der Waals surface area contributed by atoms with Crippen molar-refractivity contribution in [3.05, 3.63) is 70.3 Å². The lowest BCUT2D eigenvalue weighted by atomic mass is 10.1. The number of fused-ring (bicyclic) bond motifs is 1. The molecule has 0 aliphatic carbocycles. The topological polar surface area (TPSA) is 116 Å². The summed E-state index contributed by atoms with van der Waals surface area (Å²) >= 11 is 0. The Hall–Kier alpha value is -3.68. The largest absolute Gasteiger partial charge is 0.444 e. The van der Waals surface area contributed by atoms with Crippen LogP contribution in [-0.2, 0) is 4.74 Å². The smallest absolute Gasteiger partial charge is 0.408 e. The fraction of sp³-hybridized carbons (Fsp3) is 0.273. The fourth-order valence-corrected chi connectivity index (χ4v) is 3.12. The van der Waals surface area contributed by atoms with Crippen LogP contribution in [0.1, 0.15) is 49.9 Å². The molecule has 156 valence electrons. The minimum Gasteiger partial charge on any atom is -0.444 e. The number of hydrogen-bond donors (Lipinski definition) is 2. The van der Waals surface area contributed by atoms with Crippen LogP contribution >= 0.6 is 0 Å². The highest BCUT2D eigenvalue weighted by Crippen LogP contribution is 2.20. The van der Waals surface area contributed by atoms with Gasteiger partial charge in [-0.05, 0) is 52.0 Å². The molecular formula is C22H24N4O4. The molecule has 8 nitrogen and oxygen atoms in total. The molecule has 0 aliphatic heterocycles. The molecule has 1 atom stereocenters. The zero-order chi connectivity index (χ0) is 22.1. The number of nitrogens with two attached hydrogens (primary N) is 1. The van der Waals surface area contributed by atoms with Crippen molar-refractivity contribution in [2.45, 2.75) is 39.3 Å². The van der Waals surface area contributed by atoms with Gasteiger partial charge in [0.05, 0.1) is 28.2 Å². The third-order valence-electron chi connectivity index (χ3n) is 4.32. The molecule has 0 spiro atoms. The van der Waals surface area contributed by atoms with Gasteiger partial charge in [0, 0.05) is 0 Å². The van der Waals surface area contributed by atoms with E-state index in [4.69, 9.17) is 10.5 Å². The van der Waals surface area contributed by atoms with Gasteiger partial charge in [-0.25, -0.2) is 9.78 Å². The highest BCUT2D eigenvalue weighted by atomic mass is 16.6. The van der Waals surface area contributed by atoms with Crippen molar-refractivity contribution >= 4 is 22.9 Å². The van der Waals surface area contributed by atoms with Gasteiger partial charge >= 0.3 is 6.09 Å². The molecule has 1 unspecified atom stereocenters. The summed E-state index contributed by atoms with van der Waals surface area (Å²) < 4.78 is 6.69. The number of para-hydroxylation sites is 1. The molecule has 2 amide bonds. The van der Waals surface area contributed by atoms with E-state index in [1.165, 1.54) is 10.6 Å². The number of carbonyl (C=O) groups is 2. The molecule has 0 radical (unpaired) electrons. The summed E-state index contributed by atoms with van der Waals surface area (Å²) in [6, 6.07) is 12.9. The van der Waals surface area contributed by atoms with Crippen molar-refractivity contribution in [1.29, 1.82) is 0 Å². The van der Waals surface area contributed by atoms with Crippen molar-refractivity contribution in [1.82, 2.24) is 14.9 Å². The zero-order valence-corrected chi connectivity index (χ0v) is 17.3. The Kier molecular flexibility index (Phi) is 5.60. The van der Waals surface area contributed by atoms with E-state index in [9.17, 15) is 14.4 Å². The molecule has 3 rings (SSSR count). The highest BCUT2D eigenvalue weighted by molar-refractivity contribution is 6.05. The van der Waals surface area contributed by atoms with Gasteiger partial charge in [-0.15, -0.1) is 0 Å². The maximum atomic E-state index is 13.5. The first kappa shape index (κ1) is 21.0. The minimum absolute atomic E-state index is 0.0917. The molecule has 30 heavy (non-hydrogen) atoms. The summed E-state index contributed by atoms with van der Waals surface area (Å²) in [6.07, 6.45) is -0.630. The average Bonchev–Trinajstić information content (AvgIpc) is 2.66. The number of rotatable bonds is 4. The van der Waals surface area contributed by atoms with Crippen LogP contribution in [0, 0.1) is 0 Å². The number of nitrogens with zero attached hydrogens (tertiary/aromatic N) is 2. The molecule has 3 N–H and O–H groups in total. The first-order valence-corrected chi connectivity index (χ1v) is 9.49. The van der Waals surface area contributed by atoms with Gasteiger partial charge in [0.1, 0.15) is 11.4 Å². The third kappa shape index (κ3) is 4.32. The van der Waals surface area contributed by atoms with Crippen molar-refractivity contribution in [2.24, 2.45) is 5.73 Å². The number of amides is 2.